The summed E-state index contributed by atoms with van der Waals surface area (Å²) in [6.07, 6.45) is -0.189. The summed E-state index contributed by atoms with van der Waals surface area (Å²) in [5, 5.41) is 49.8. The van der Waals surface area contributed by atoms with E-state index in [9.17, 15) is 4.79 Å². The van der Waals surface area contributed by atoms with Crippen molar-refractivity contribution in [2.24, 2.45) is 0 Å². The van der Waals surface area contributed by atoms with E-state index in [2.05, 4.69) is 0 Å². The van der Waals surface area contributed by atoms with Gasteiger partial charge in [-0.3, -0.25) is 0 Å². The fourth-order valence-corrected chi connectivity index (χ4v) is 1.49. The van der Waals surface area contributed by atoms with E-state index in [-0.39, 0.29) is 31.1 Å². The fourth-order valence-electron chi connectivity index (χ4n) is 1.49. The highest BCUT2D eigenvalue weighted by molar-refractivity contribution is 5.90. The number of hydrogen-bond acceptors (Lipinski definition) is 6. The smallest absolute Gasteiger partial charge is 0.339 e. The zero-order valence-corrected chi connectivity index (χ0v) is 13.7. The van der Waals surface area contributed by atoms with Crippen molar-refractivity contribution < 1.29 is 35.4 Å². The molecule has 6 N–H and O–H groups in total. The fraction of sp³-hybridized carbons (Fsp3) is 0.278. The summed E-state index contributed by atoms with van der Waals surface area (Å²) in [5.74, 6) is -1.31. The molecule has 0 heterocycles. The summed E-state index contributed by atoms with van der Waals surface area (Å²) in [4.78, 5) is 10.3. The minimum Gasteiger partial charge on any atom is -0.507 e. The van der Waals surface area contributed by atoms with Crippen LogP contribution in [0, 0.1) is 0 Å². The lowest BCUT2D eigenvalue weighted by atomic mass is 10.2. The van der Waals surface area contributed by atoms with E-state index in [0.717, 1.165) is 6.42 Å². The predicted octanol–water partition coefficient (Wildman–Crippen LogP) is 0.644. The van der Waals surface area contributed by atoms with Crippen molar-refractivity contribution in [2.75, 3.05) is 19.8 Å². The first-order valence-corrected chi connectivity index (χ1v) is 7.52. The van der Waals surface area contributed by atoms with Crippen molar-refractivity contribution in [3.05, 3.63) is 65.7 Å². The molecule has 0 aliphatic rings. The third kappa shape index (κ3) is 10.9. The predicted molar refractivity (Wildman–Crippen MR) is 92.5 cm³/mol. The van der Waals surface area contributed by atoms with Gasteiger partial charge < -0.3 is 30.6 Å². The number of hydrogen-bond donors (Lipinski definition) is 6. The van der Waals surface area contributed by atoms with Gasteiger partial charge in [0.2, 0.25) is 0 Å². The van der Waals surface area contributed by atoms with Crippen LogP contribution in [-0.4, -0.2) is 62.5 Å². The van der Waals surface area contributed by atoms with Crippen LogP contribution in [0.15, 0.2) is 54.6 Å². The Kier molecular flexibility index (Phi) is 12.6. The first kappa shape index (κ1) is 22.6. The van der Waals surface area contributed by atoms with Crippen LogP contribution in [0.5, 0.6) is 5.75 Å². The maximum absolute atomic E-state index is 10.3. The molecule has 0 atom stereocenters. The molecular formula is C18H24O7. The Morgan fingerprint density at radius 3 is 1.76 bits per heavy atom. The van der Waals surface area contributed by atoms with Crippen molar-refractivity contribution in [3.63, 3.8) is 0 Å². The number of carboxylic acids is 1. The molecule has 7 heteroatoms. The standard InChI is InChI=1S/C8H10O.C7H6O3.C3H8O3/c9-7-6-8-4-2-1-3-5-8;8-6-4-2-1-3-5(6)7(9)10;4-1-3(6)2-5/h1-5,9H,6-7H2;1-4,8H,(H,9,10);3-6H,1-2H2. The van der Waals surface area contributed by atoms with Gasteiger partial charge in [0.25, 0.3) is 0 Å². The van der Waals surface area contributed by atoms with E-state index in [4.69, 9.17) is 30.6 Å². The highest BCUT2D eigenvalue weighted by Gasteiger charge is 2.05. The third-order valence-electron chi connectivity index (χ3n) is 2.80. The molecule has 2 aromatic rings. The second kappa shape index (κ2) is 13.9. The van der Waals surface area contributed by atoms with Crippen molar-refractivity contribution in [2.45, 2.75) is 12.5 Å². The first-order chi connectivity index (χ1) is 12.0. The number of benzene rings is 2. The molecule has 0 saturated heterocycles. The van der Waals surface area contributed by atoms with Crippen LogP contribution in [-0.2, 0) is 6.42 Å². The van der Waals surface area contributed by atoms with Crippen molar-refractivity contribution >= 4 is 5.97 Å². The van der Waals surface area contributed by atoms with E-state index < -0.39 is 12.1 Å². The second-order valence-corrected chi connectivity index (χ2v) is 4.80. The van der Waals surface area contributed by atoms with Crippen molar-refractivity contribution in [1.82, 2.24) is 0 Å². The van der Waals surface area contributed by atoms with Gasteiger partial charge in [-0.2, -0.15) is 0 Å². The van der Waals surface area contributed by atoms with E-state index in [1.54, 1.807) is 12.1 Å². The summed E-state index contributed by atoms with van der Waals surface area (Å²) in [5.41, 5.74) is 1.13. The van der Waals surface area contributed by atoms with E-state index >= 15 is 0 Å². The topological polar surface area (TPSA) is 138 Å². The number of aliphatic hydroxyl groups is 4. The Morgan fingerprint density at radius 2 is 1.40 bits per heavy atom. The minimum atomic E-state index is -1.11. The lowest BCUT2D eigenvalue weighted by Crippen LogP contribution is -2.15. The third-order valence-corrected chi connectivity index (χ3v) is 2.80. The molecule has 0 aliphatic heterocycles. The van der Waals surface area contributed by atoms with Gasteiger partial charge in [0.1, 0.15) is 17.4 Å². The van der Waals surface area contributed by atoms with Gasteiger partial charge in [-0.05, 0) is 24.1 Å². The average Bonchev–Trinajstić information content (AvgIpc) is 2.63. The van der Waals surface area contributed by atoms with Crippen LogP contribution < -0.4 is 0 Å². The molecule has 0 fully saturated rings. The summed E-state index contributed by atoms with van der Waals surface area (Å²) in [6, 6.07) is 15.8. The Morgan fingerprint density at radius 1 is 0.880 bits per heavy atom. The van der Waals surface area contributed by atoms with Crippen molar-refractivity contribution in [1.29, 1.82) is 0 Å². The van der Waals surface area contributed by atoms with Gasteiger partial charge in [-0.1, -0.05) is 42.5 Å². The van der Waals surface area contributed by atoms with Gasteiger partial charge in [0, 0.05) is 6.61 Å². The summed E-state index contributed by atoms with van der Waals surface area (Å²) in [7, 11) is 0. The molecule has 0 saturated carbocycles. The zero-order valence-electron chi connectivity index (χ0n) is 13.7. The lowest BCUT2D eigenvalue weighted by Gasteiger charge is -1.96. The SMILES string of the molecule is O=C(O)c1ccccc1O.OCC(O)CO.OCCc1ccccc1. The van der Waals surface area contributed by atoms with Crippen LogP contribution in [0.25, 0.3) is 0 Å². The summed E-state index contributed by atoms with van der Waals surface area (Å²) >= 11 is 0. The normalized spacial score (nSPS) is 9.48. The molecule has 0 radical (unpaired) electrons. The van der Waals surface area contributed by atoms with Gasteiger partial charge in [0.05, 0.1) is 13.2 Å². The highest BCUT2D eigenvalue weighted by Crippen LogP contribution is 2.14. The molecule has 0 unspecified atom stereocenters. The van der Waals surface area contributed by atoms with Crippen LogP contribution >= 0.6 is 0 Å². The van der Waals surface area contributed by atoms with E-state index in [1.165, 1.54) is 17.7 Å². The molecule has 138 valence electrons. The number of carboxylic acid groups (broad SMARTS) is 1. The molecule has 7 nitrogen and oxygen atoms in total. The Labute approximate surface area is 146 Å². The Balaban J connectivity index is 0.000000358. The van der Waals surface area contributed by atoms with Gasteiger partial charge in [0.15, 0.2) is 0 Å². The molecule has 0 amide bonds. The quantitative estimate of drug-likeness (QED) is 0.464. The number of aliphatic hydroxyl groups excluding tert-OH is 4. The number of para-hydroxylation sites is 1. The van der Waals surface area contributed by atoms with E-state index in [1.807, 2.05) is 30.3 Å². The van der Waals surface area contributed by atoms with Gasteiger partial charge in [-0.25, -0.2) is 4.79 Å². The van der Waals surface area contributed by atoms with Gasteiger partial charge >= 0.3 is 5.97 Å². The molecule has 0 spiro atoms. The number of aromatic hydroxyl groups is 1. The van der Waals surface area contributed by atoms with E-state index in [0.29, 0.717) is 0 Å². The molecule has 0 bridgehead atoms. The number of rotatable bonds is 5. The number of aromatic carboxylic acids is 1. The minimum absolute atomic E-state index is 0.0671. The lowest BCUT2D eigenvalue weighted by molar-refractivity contribution is 0.0450. The molecule has 0 aliphatic carbocycles. The monoisotopic (exact) mass is 352 g/mol. The molecule has 25 heavy (non-hydrogen) atoms. The number of phenols is 1. The Bertz CT molecular complexity index is 583. The van der Waals surface area contributed by atoms with Crippen LogP contribution in [0.4, 0.5) is 0 Å². The first-order valence-electron chi connectivity index (χ1n) is 7.52. The van der Waals surface area contributed by atoms with Crippen LogP contribution in [0.3, 0.4) is 0 Å². The van der Waals surface area contributed by atoms with Crippen LogP contribution in [0.2, 0.25) is 0 Å². The maximum Gasteiger partial charge on any atom is 0.339 e. The molecular weight excluding hydrogens is 328 g/mol. The average molecular weight is 352 g/mol. The molecule has 2 aromatic carbocycles. The number of carbonyl (C=O) groups is 1. The summed E-state index contributed by atoms with van der Waals surface area (Å²) in [6.45, 7) is -0.489. The second-order valence-electron chi connectivity index (χ2n) is 4.80. The molecule has 0 aromatic heterocycles. The highest BCUT2D eigenvalue weighted by atomic mass is 16.4. The van der Waals surface area contributed by atoms with Gasteiger partial charge in [-0.15, -0.1) is 0 Å². The summed E-state index contributed by atoms with van der Waals surface area (Å²) < 4.78 is 0. The largest absolute Gasteiger partial charge is 0.507 e. The molecule has 2 rings (SSSR count). The maximum atomic E-state index is 10.3. The van der Waals surface area contributed by atoms with Crippen molar-refractivity contribution in [3.8, 4) is 5.75 Å². The zero-order chi connectivity index (χ0) is 19.1. The van der Waals surface area contributed by atoms with Crippen LogP contribution in [0.1, 0.15) is 15.9 Å². The Hall–Kier alpha value is -2.45.